The zero-order chi connectivity index (χ0) is 22.1. The van der Waals surface area contributed by atoms with Crippen LogP contribution in [0.15, 0.2) is 72.8 Å². The third-order valence-corrected chi connectivity index (χ3v) is 12.1. The van der Waals surface area contributed by atoms with E-state index >= 15 is 0 Å². The number of rotatable bonds is 6. The molecule has 0 unspecified atom stereocenters. The van der Waals surface area contributed by atoms with Gasteiger partial charge in [0.15, 0.2) is 0 Å². The van der Waals surface area contributed by atoms with Crippen molar-refractivity contribution in [2.75, 3.05) is 0 Å². The molecule has 0 aromatic heterocycles. The lowest BCUT2D eigenvalue weighted by molar-refractivity contribution is 0.458. The fourth-order valence-corrected chi connectivity index (χ4v) is 9.61. The monoisotopic (exact) mass is 426 g/mol. The molecular weight excluding hydrogens is 392 g/mol. The molecule has 0 atom stereocenters. The molecule has 1 aliphatic rings. The normalized spacial score (nSPS) is 13.3. The van der Waals surface area contributed by atoms with Crippen LogP contribution in [0.3, 0.4) is 0 Å². The quantitative estimate of drug-likeness (QED) is 0.388. The first kappa shape index (κ1) is 21.6. The molecule has 0 fully saturated rings. The van der Waals surface area contributed by atoms with Crippen molar-refractivity contribution in [1.82, 2.24) is 0 Å². The summed E-state index contributed by atoms with van der Waals surface area (Å²) >= 11 is 0. The minimum Gasteiger partial charge on any atom is -0.457 e. The Bertz CT molecular complexity index is 1090. The fourth-order valence-electron chi connectivity index (χ4n) is 5.09. The van der Waals surface area contributed by atoms with Crippen LogP contribution in [0.25, 0.3) is 6.08 Å². The van der Waals surface area contributed by atoms with E-state index in [-0.39, 0.29) is 5.41 Å². The van der Waals surface area contributed by atoms with Crippen LogP contribution in [-0.2, 0) is 11.8 Å². The zero-order valence-electron chi connectivity index (χ0n) is 19.5. The second-order valence-electron chi connectivity index (χ2n) is 9.62. The minimum absolute atomic E-state index is 0.000282. The standard InChI is InChI=1S/C29H34OSi/c1-6-31(7-2,26-20-12-15-22-14-11-18-24(22)26)27-21-13-19-25(29(3,4)5)28(27)30-23-16-9-8-10-17-23/h8-13,15-21H,6-7,14H2,1-5H3. The summed E-state index contributed by atoms with van der Waals surface area (Å²) in [4.78, 5) is 0. The van der Waals surface area contributed by atoms with E-state index in [0.29, 0.717) is 0 Å². The highest BCUT2D eigenvalue weighted by Crippen LogP contribution is 2.36. The van der Waals surface area contributed by atoms with E-state index in [9.17, 15) is 0 Å². The SMILES string of the molecule is CC[Si](CC)(c1cccc2c1C=CC2)c1cccc(C(C)(C)C)c1Oc1ccccc1. The van der Waals surface area contributed by atoms with Gasteiger partial charge in [0.05, 0.1) is 0 Å². The second-order valence-corrected chi connectivity index (χ2v) is 14.3. The lowest BCUT2D eigenvalue weighted by Crippen LogP contribution is -2.58. The zero-order valence-corrected chi connectivity index (χ0v) is 20.5. The van der Waals surface area contributed by atoms with Crippen LogP contribution in [0.5, 0.6) is 11.5 Å². The van der Waals surface area contributed by atoms with Crippen LogP contribution in [0.4, 0.5) is 0 Å². The lowest BCUT2D eigenvalue weighted by atomic mass is 9.86. The van der Waals surface area contributed by atoms with E-state index in [4.69, 9.17) is 4.74 Å². The third-order valence-electron chi connectivity index (χ3n) is 6.84. The van der Waals surface area contributed by atoms with Gasteiger partial charge in [-0.3, -0.25) is 0 Å². The molecule has 0 N–H and O–H groups in total. The van der Waals surface area contributed by atoms with Crippen LogP contribution in [-0.4, -0.2) is 8.07 Å². The van der Waals surface area contributed by atoms with Gasteiger partial charge in [0.1, 0.15) is 19.6 Å². The molecule has 160 valence electrons. The van der Waals surface area contributed by atoms with Gasteiger partial charge in [-0.1, -0.05) is 113 Å². The maximum absolute atomic E-state index is 6.73. The molecule has 0 bridgehead atoms. The molecule has 0 spiro atoms. The van der Waals surface area contributed by atoms with Crippen LogP contribution in [0.2, 0.25) is 12.1 Å². The molecule has 0 saturated heterocycles. The summed E-state index contributed by atoms with van der Waals surface area (Å²) in [6.07, 6.45) is 5.71. The van der Waals surface area contributed by atoms with Crippen LogP contribution < -0.4 is 15.1 Å². The minimum atomic E-state index is -2.04. The van der Waals surface area contributed by atoms with Crippen molar-refractivity contribution in [2.45, 2.75) is 58.5 Å². The smallest absolute Gasteiger partial charge is 0.130 e. The first-order valence-corrected chi connectivity index (χ1v) is 14.0. The van der Waals surface area contributed by atoms with Crippen molar-refractivity contribution in [2.24, 2.45) is 0 Å². The molecular formula is C29H34OSi. The topological polar surface area (TPSA) is 9.23 Å². The van der Waals surface area contributed by atoms with Crippen molar-refractivity contribution < 1.29 is 4.74 Å². The summed E-state index contributed by atoms with van der Waals surface area (Å²) in [6, 6.07) is 26.4. The molecule has 0 heterocycles. The van der Waals surface area contributed by atoms with Crippen molar-refractivity contribution >= 4 is 24.5 Å². The van der Waals surface area contributed by atoms with Gasteiger partial charge in [0, 0.05) is 5.56 Å². The summed E-state index contributed by atoms with van der Waals surface area (Å²) in [5, 5.41) is 3.00. The molecule has 4 rings (SSSR count). The Kier molecular flexibility index (Phi) is 5.94. The Morgan fingerprint density at radius 2 is 1.48 bits per heavy atom. The van der Waals surface area contributed by atoms with Gasteiger partial charge in [-0.15, -0.1) is 0 Å². The van der Waals surface area contributed by atoms with E-state index in [0.717, 1.165) is 30.0 Å². The Morgan fingerprint density at radius 3 is 2.16 bits per heavy atom. The number of hydrogen-bond donors (Lipinski definition) is 0. The Hall–Kier alpha value is -2.58. The third kappa shape index (κ3) is 3.90. The second kappa shape index (κ2) is 8.51. The Balaban J connectivity index is 1.99. The van der Waals surface area contributed by atoms with Gasteiger partial charge < -0.3 is 4.74 Å². The van der Waals surface area contributed by atoms with Crippen molar-refractivity contribution in [1.29, 1.82) is 0 Å². The number of fused-ring (bicyclic) bond motifs is 1. The highest BCUT2D eigenvalue weighted by atomic mass is 28.3. The largest absolute Gasteiger partial charge is 0.457 e. The van der Waals surface area contributed by atoms with Gasteiger partial charge in [-0.05, 0) is 45.5 Å². The average Bonchev–Trinajstić information content (AvgIpc) is 3.25. The van der Waals surface area contributed by atoms with Crippen molar-refractivity contribution in [3.63, 3.8) is 0 Å². The molecule has 0 saturated carbocycles. The molecule has 1 aliphatic carbocycles. The van der Waals surface area contributed by atoms with E-state index in [1.165, 1.54) is 21.9 Å². The predicted molar refractivity (Wildman–Crippen MR) is 137 cm³/mol. The van der Waals surface area contributed by atoms with Gasteiger partial charge >= 0.3 is 0 Å². The molecule has 3 aromatic carbocycles. The van der Waals surface area contributed by atoms with Crippen LogP contribution in [0.1, 0.15) is 51.3 Å². The number of para-hydroxylation sites is 2. The molecule has 1 nitrogen and oxygen atoms in total. The maximum atomic E-state index is 6.73. The van der Waals surface area contributed by atoms with Crippen molar-refractivity contribution in [3.8, 4) is 11.5 Å². The highest BCUT2D eigenvalue weighted by Gasteiger charge is 2.40. The highest BCUT2D eigenvalue weighted by molar-refractivity contribution is 7.03. The molecule has 2 heteroatoms. The first-order valence-electron chi connectivity index (χ1n) is 11.6. The Morgan fingerprint density at radius 1 is 0.806 bits per heavy atom. The molecule has 31 heavy (non-hydrogen) atoms. The summed E-state index contributed by atoms with van der Waals surface area (Å²) < 4.78 is 6.73. The summed E-state index contributed by atoms with van der Waals surface area (Å²) in [5.41, 5.74) is 4.22. The number of hydrogen-bond acceptors (Lipinski definition) is 1. The van der Waals surface area contributed by atoms with E-state index < -0.39 is 8.07 Å². The first-order chi connectivity index (χ1) is 14.9. The van der Waals surface area contributed by atoms with Gasteiger partial charge in [0.2, 0.25) is 0 Å². The molecule has 0 radical (unpaired) electrons. The van der Waals surface area contributed by atoms with Crippen LogP contribution >= 0.6 is 0 Å². The van der Waals surface area contributed by atoms with Gasteiger partial charge in [-0.2, -0.15) is 0 Å². The summed E-state index contributed by atoms with van der Waals surface area (Å²) in [6.45, 7) is 11.6. The maximum Gasteiger partial charge on any atom is 0.130 e. The van der Waals surface area contributed by atoms with E-state index in [1.54, 1.807) is 5.19 Å². The number of benzene rings is 3. The number of ether oxygens (including phenoxy) is 1. The molecule has 0 aliphatic heterocycles. The lowest BCUT2D eigenvalue weighted by Gasteiger charge is -2.36. The van der Waals surface area contributed by atoms with Crippen LogP contribution in [0, 0.1) is 0 Å². The Labute approximate surface area is 188 Å². The predicted octanol–water partition coefficient (Wildman–Crippen LogP) is 6.95. The average molecular weight is 427 g/mol. The van der Waals surface area contributed by atoms with E-state index in [2.05, 4.69) is 95.3 Å². The van der Waals surface area contributed by atoms with Gasteiger partial charge in [0.25, 0.3) is 0 Å². The van der Waals surface area contributed by atoms with Gasteiger partial charge in [-0.25, -0.2) is 0 Å². The van der Waals surface area contributed by atoms with E-state index in [1.807, 2.05) is 18.2 Å². The van der Waals surface area contributed by atoms with Crippen molar-refractivity contribution in [3.05, 3.63) is 89.5 Å². The summed E-state index contributed by atoms with van der Waals surface area (Å²) in [5.74, 6) is 1.99. The fraction of sp³-hybridized carbons (Fsp3) is 0.310. The number of allylic oxidation sites excluding steroid dienone is 1. The molecule has 3 aromatic rings. The molecule has 0 amide bonds. The summed E-state index contributed by atoms with van der Waals surface area (Å²) in [7, 11) is -2.04.